The predicted molar refractivity (Wildman–Crippen MR) is 80.0 cm³/mol. The topological polar surface area (TPSA) is 103 Å². The molecule has 0 heterocycles. The van der Waals surface area contributed by atoms with E-state index in [0.717, 1.165) is 0 Å². The summed E-state index contributed by atoms with van der Waals surface area (Å²) in [5, 5.41) is 4.83. The summed E-state index contributed by atoms with van der Waals surface area (Å²) in [7, 11) is 1.37. The van der Waals surface area contributed by atoms with Crippen LogP contribution >= 0.6 is 0 Å². The third-order valence-electron chi connectivity index (χ3n) is 2.74. The van der Waals surface area contributed by atoms with E-state index in [2.05, 4.69) is 15.4 Å². The monoisotopic (exact) mass is 349 g/mol. The highest BCUT2D eigenvalue weighted by atomic mass is 19.4. The fourth-order valence-corrected chi connectivity index (χ4v) is 1.73. The summed E-state index contributed by atoms with van der Waals surface area (Å²) in [4.78, 5) is 23.0. The Morgan fingerprint density at radius 3 is 2.54 bits per heavy atom. The van der Waals surface area contributed by atoms with E-state index in [1.807, 2.05) is 0 Å². The molecule has 134 valence electrons. The number of urea groups is 1. The van der Waals surface area contributed by atoms with Crippen LogP contribution in [0.4, 0.5) is 23.7 Å². The van der Waals surface area contributed by atoms with Crippen molar-refractivity contribution in [2.75, 3.05) is 25.6 Å². The Labute approximate surface area is 136 Å². The van der Waals surface area contributed by atoms with Gasteiger partial charge in [-0.05, 0) is 25.1 Å². The predicted octanol–water partition coefficient (Wildman–Crippen LogP) is 1.88. The molecule has 0 radical (unpaired) electrons. The highest BCUT2D eigenvalue weighted by Gasteiger charge is 2.27. The number of anilines is 1. The van der Waals surface area contributed by atoms with Crippen LogP contribution in [0.5, 0.6) is 5.75 Å². The molecule has 0 aromatic heterocycles. The molecule has 1 unspecified atom stereocenters. The summed E-state index contributed by atoms with van der Waals surface area (Å²) in [6.07, 6.45) is -4.43. The maximum atomic E-state index is 12.0. The quantitative estimate of drug-likeness (QED) is 0.699. The minimum atomic E-state index is -4.43. The Morgan fingerprint density at radius 1 is 1.33 bits per heavy atom. The number of nitrogens with one attached hydrogen (secondary N) is 2. The van der Waals surface area contributed by atoms with Crippen molar-refractivity contribution >= 4 is 17.6 Å². The molecule has 1 atom stereocenters. The molecular weight excluding hydrogens is 331 g/mol. The molecule has 24 heavy (non-hydrogen) atoms. The van der Waals surface area contributed by atoms with Gasteiger partial charge in [0, 0.05) is 5.56 Å². The lowest BCUT2D eigenvalue weighted by atomic mass is 10.2. The number of carbonyl (C=O) groups is 2. The van der Waals surface area contributed by atoms with Crippen molar-refractivity contribution in [3.8, 4) is 5.75 Å². The van der Waals surface area contributed by atoms with Crippen molar-refractivity contribution in [1.29, 1.82) is 0 Å². The van der Waals surface area contributed by atoms with Gasteiger partial charge in [0.15, 0.2) is 0 Å². The van der Waals surface area contributed by atoms with E-state index in [1.165, 1.54) is 32.2 Å². The van der Waals surface area contributed by atoms with E-state index < -0.39 is 30.8 Å². The number of halogens is 3. The molecule has 0 saturated carbocycles. The Bertz CT molecular complexity index is 593. The van der Waals surface area contributed by atoms with Gasteiger partial charge in [-0.2, -0.15) is 13.2 Å². The zero-order valence-electron chi connectivity index (χ0n) is 13.1. The summed E-state index contributed by atoms with van der Waals surface area (Å²) in [6.45, 7) is -0.229. The van der Waals surface area contributed by atoms with Gasteiger partial charge in [-0.25, -0.2) is 4.79 Å². The minimum Gasteiger partial charge on any atom is -0.495 e. The van der Waals surface area contributed by atoms with Crippen LogP contribution in [0.15, 0.2) is 18.2 Å². The van der Waals surface area contributed by atoms with Crippen molar-refractivity contribution in [3.63, 3.8) is 0 Å². The molecule has 1 aromatic rings. The number of nitrogens with two attached hydrogens (primary N) is 1. The summed E-state index contributed by atoms with van der Waals surface area (Å²) in [6, 6.07) is 2.84. The summed E-state index contributed by atoms with van der Waals surface area (Å²) >= 11 is 0. The molecule has 0 spiro atoms. The Kier molecular flexibility index (Phi) is 6.83. The number of benzene rings is 1. The van der Waals surface area contributed by atoms with Crippen LogP contribution in [0.25, 0.3) is 0 Å². The van der Waals surface area contributed by atoms with Gasteiger partial charge in [0.1, 0.15) is 12.4 Å². The molecule has 3 amide bonds. The van der Waals surface area contributed by atoms with Crippen molar-refractivity contribution in [1.82, 2.24) is 5.32 Å². The van der Waals surface area contributed by atoms with E-state index in [1.54, 1.807) is 0 Å². The molecule has 10 heteroatoms. The average molecular weight is 349 g/mol. The van der Waals surface area contributed by atoms with Crippen LogP contribution in [0, 0.1) is 0 Å². The molecule has 0 bridgehead atoms. The molecule has 1 aromatic carbocycles. The number of carbonyl (C=O) groups excluding carboxylic acids is 2. The first-order valence-corrected chi connectivity index (χ1v) is 6.82. The largest absolute Gasteiger partial charge is 0.495 e. The normalized spacial score (nSPS) is 12.4. The maximum absolute atomic E-state index is 12.0. The minimum absolute atomic E-state index is 0.160. The van der Waals surface area contributed by atoms with Crippen LogP contribution in [-0.2, 0) is 4.74 Å². The zero-order valence-corrected chi connectivity index (χ0v) is 13.1. The van der Waals surface area contributed by atoms with E-state index in [-0.39, 0.29) is 23.6 Å². The number of hydrogen-bond donors (Lipinski definition) is 3. The zero-order chi connectivity index (χ0) is 18.3. The van der Waals surface area contributed by atoms with Gasteiger partial charge in [-0.3, -0.25) is 4.79 Å². The average Bonchev–Trinajstić information content (AvgIpc) is 2.45. The number of alkyl halides is 3. The van der Waals surface area contributed by atoms with Crippen LogP contribution in [0.1, 0.15) is 17.3 Å². The fourth-order valence-electron chi connectivity index (χ4n) is 1.73. The van der Waals surface area contributed by atoms with Gasteiger partial charge in [0.2, 0.25) is 5.91 Å². The lowest BCUT2D eigenvalue weighted by Gasteiger charge is -2.17. The smallest absolute Gasteiger partial charge is 0.411 e. The molecule has 0 fully saturated rings. The number of hydrogen-bond acceptors (Lipinski definition) is 4. The first kappa shape index (κ1) is 19.6. The summed E-state index contributed by atoms with van der Waals surface area (Å²) in [5.41, 5.74) is 5.51. The second kappa shape index (κ2) is 8.39. The highest BCUT2D eigenvalue weighted by molar-refractivity contribution is 5.97. The van der Waals surface area contributed by atoms with Crippen LogP contribution in [0.2, 0.25) is 0 Å². The van der Waals surface area contributed by atoms with Crippen molar-refractivity contribution in [3.05, 3.63) is 23.8 Å². The molecule has 4 N–H and O–H groups in total. The first-order chi connectivity index (χ1) is 11.1. The van der Waals surface area contributed by atoms with Gasteiger partial charge in [-0.1, -0.05) is 0 Å². The van der Waals surface area contributed by atoms with E-state index in [9.17, 15) is 22.8 Å². The first-order valence-electron chi connectivity index (χ1n) is 6.82. The third-order valence-corrected chi connectivity index (χ3v) is 2.74. The highest BCUT2D eigenvalue weighted by Crippen LogP contribution is 2.25. The van der Waals surface area contributed by atoms with Gasteiger partial charge >= 0.3 is 12.2 Å². The van der Waals surface area contributed by atoms with Crippen molar-refractivity contribution < 1.29 is 32.2 Å². The second-order valence-electron chi connectivity index (χ2n) is 4.91. The molecule has 0 aliphatic rings. The maximum Gasteiger partial charge on any atom is 0.411 e. The third kappa shape index (κ3) is 6.73. The lowest BCUT2D eigenvalue weighted by Crippen LogP contribution is -2.39. The fraction of sp³-hybridized carbons (Fsp3) is 0.429. The molecule has 1 rings (SSSR count). The van der Waals surface area contributed by atoms with Crippen LogP contribution < -0.4 is 21.1 Å². The van der Waals surface area contributed by atoms with E-state index in [4.69, 9.17) is 10.5 Å². The lowest BCUT2D eigenvalue weighted by molar-refractivity contribution is -0.174. The number of primary amides is 1. The number of ether oxygens (including phenoxy) is 2. The summed E-state index contributed by atoms with van der Waals surface area (Å²) in [5.74, 6) is -0.397. The van der Waals surface area contributed by atoms with Crippen LogP contribution in [0.3, 0.4) is 0 Å². The van der Waals surface area contributed by atoms with E-state index >= 15 is 0 Å². The standard InChI is InChI=1S/C14H18F3N3O4/c1-8(6-24-7-14(15,16)17)19-13(22)20-10-5-9(12(18)21)3-4-11(10)23-2/h3-5,8H,6-7H2,1-2H3,(H2,18,21)(H2,19,20,22). The second-order valence-corrected chi connectivity index (χ2v) is 4.91. The van der Waals surface area contributed by atoms with Crippen molar-refractivity contribution in [2.24, 2.45) is 5.73 Å². The number of amides is 3. The van der Waals surface area contributed by atoms with Crippen LogP contribution in [-0.4, -0.2) is 44.5 Å². The molecule has 0 aliphatic carbocycles. The molecule has 0 aliphatic heterocycles. The SMILES string of the molecule is COc1ccc(C(N)=O)cc1NC(=O)NC(C)COCC(F)(F)F. The Balaban J connectivity index is 2.61. The van der Waals surface area contributed by atoms with Gasteiger partial charge in [0.05, 0.1) is 25.4 Å². The molecule has 0 saturated heterocycles. The van der Waals surface area contributed by atoms with Gasteiger partial charge in [0.25, 0.3) is 0 Å². The summed E-state index contributed by atoms with van der Waals surface area (Å²) < 4.78 is 45.4. The van der Waals surface area contributed by atoms with Gasteiger partial charge < -0.3 is 25.8 Å². The number of methoxy groups -OCH3 is 1. The number of rotatable bonds is 7. The van der Waals surface area contributed by atoms with E-state index in [0.29, 0.717) is 0 Å². The molecular formula is C14H18F3N3O4. The van der Waals surface area contributed by atoms with Gasteiger partial charge in [-0.15, -0.1) is 0 Å². The van der Waals surface area contributed by atoms with Crippen molar-refractivity contribution in [2.45, 2.75) is 19.1 Å². The Morgan fingerprint density at radius 2 is 2.00 bits per heavy atom. The Hall–Kier alpha value is -2.49. The molecule has 7 nitrogen and oxygen atoms in total.